The van der Waals surface area contributed by atoms with Crippen LogP contribution in [0.4, 0.5) is 0 Å². The minimum atomic E-state index is 0. The molecular formula is C11H18Cl2N4O. The molecule has 2 bridgehead atoms. The zero-order chi connectivity index (χ0) is 11.1. The molecule has 2 fully saturated rings. The van der Waals surface area contributed by atoms with Crippen LogP contribution in [0.25, 0.3) is 0 Å². The Kier molecular flexibility index (Phi) is 5.01. The molecule has 1 aromatic heterocycles. The van der Waals surface area contributed by atoms with E-state index in [-0.39, 0.29) is 30.7 Å². The van der Waals surface area contributed by atoms with Gasteiger partial charge in [-0.3, -0.25) is 4.79 Å². The van der Waals surface area contributed by atoms with Crippen molar-refractivity contribution in [2.24, 2.45) is 17.6 Å². The summed E-state index contributed by atoms with van der Waals surface area (Å²) in [4.78, 5) is 20.8. The van der Waals surface area contributed by atoms with Crippen molar-refractivity contribution in [3.8, 4) is 0 Å². The Balaban J connectivity index is 0.000000810. The second kappa shape index (κ2) is 5.91. The predicted molar refractivity (Wildman–Crippen MR) is 73.2 cm³/mol. The maximum atomic E-state index is 12.1. The second-order valence-corrected chi connectivity index (χ2v) is 4.82. The molecule has 1 aromatic rings. The molecule has 3 N–H and O–H groups in total. The third kappa shape index (κ3) is 2.48. The van der Waals surface area contributed by atoms with E-state index >= 15 is 0 Å². The van der Waals surface area contributed by atoms with Crippen LogP contribution in [0.15, 0.2) is 12.4 Å². The Hall–Kier alpha value is -0.780. The number of carbonyl (C=O) groups is 1. The van der Waals surface area contributed by atoms with Crippen molar-refractivity contribution in [2.75, 3.05) is 13.1 Å². The molecule has 102 valence electrons. The normalized spacial score (nSPS) is 29.4. The van der Waals surface area contributed by atoms with Gasteiger partial charge in [-0.05, 0) is 24.7 Å². The number of amides is 1. The van der Waals surface area contributed by atoms with Crippen LogP contribution in [-0.4, -0.2) is 39.9 Å². The molecule has 2 aliphatic rings. The van der Waals surface area contributed by atoms with Gasteiger partial charge in [0.1, 0.15) is 0 Å². The molecular weight excluding hydrogens is 275 g/mol. The average Bonchev–Trinajstić information content (AvgIpc) is 2.85. The van der Waals surface area contributed by atoms with E-state index in [9.17, 15) is 4.79 Å². The lowest BCUT2D eigenvalue weighted by Gasteiger charge is -2.35. The van der Waals surface area contributed by atoms with E-state index in [4.69, 9.17) is 5.73 Å². The van der Waals surface area contributed by atoms with Crippen molar-refractivity contribution >= 4 is 30.7 Å². The summed E-state index contributed by atoms with van der Waals surface area (Å²) in [5.41, 5.74) is 6.10. The van der Waals surface area contributed by atoms with Crippen LogP contribution in [0.5, 0.6) is 0 Å². The van der Waals surface area contributed by atoms with Crippen molar-refractivity contribution in [1.82, 2.24) is 14.9 Å². The zero-order valence-electron chi connectivity index (χ0n) is 9.91. The van der Waals surface area contributed by atoms with Gasteiger partial charge >= 0.3 is 0 Å². The maximum absolute atomic E-state index is 12.1. The van der Waals surface area contributed by atoms with E-state index < -0.39 is 0 Å². The van der Waals surface area contributed by atoms with Crippen molar-refractivity contribution < 1.29 is 4.79 Å². The van der Waals surface area contributed by atoms with Crippen molar-refractivity contribution in [1.29, 1.82) is 0 Å². The molecule has 0 radical (unpaired) electrons. The molecule has 1 aliphatic heterocycles. The number of hydrogen-bond acceptors (Lipinski definition) is 3. The van der Waals surface area contributed by atoms with Crippen LogP contribution in [0, 0.1) is 11.8 Å². The van der Waals surface area contributed by atoms with Gasteiger partial charge in [0.05, 0.1) is 0 Å². The molecule has 3 atom stereocenters. The predicted octanol–water partition coefficient (Wildman–Crippen LogP) is 1.06. The van der Waals surface area contributed by atoms with Crippen LogP contribution in [0.1, 0.15) is 23.5 Å². The summed E-state index contributed by atoms with van der Waals surface area (Å²) in [6, 6.07) is 0.292. The van der Waals surface area contributed by atoms with Crippen molar-refractivity contribution in [3.63, 3.8) is 0 Å². The average molecular weight is 293 g/mol. The van der Waals surface area contributed by atoms with Gasteiger partial charge in [-0.25, -0.2) is 4.98 Å². The molecule has 7 heteroatoms. The molecule has 2 heterocycles. The smallest absolute Gasteiger partial charge is 0.289 e. The molecule has 1 unspecified atom stereocenters. The molecule has 18 heavy (non-hydrogen) atoms. The summed E-state index contributed by atoms with van der Waals surface area (Å²) in [6.45, 7) is 1.58. The largest absolute Gasteiger partial charge is 0.341 e. The number of hydrogen-bond donors (Lipinski definition) is 2. The molecule has 1 aliphatic carbocycles. The van der Waals surface area contributed by atoms with Crippen LogP contribution < -0.4 is 5.73 Å². The fourth-order valence-electron chi connectivity index (χ4n) is 2.96. The first kappa shape index (κ1) is 15.3. The number of H-pyrrole nitrogens is 1. The Labute approximate surface area is 118 Å². The number of nitrogens with two attached hydrogens (primary N) is 1. The van der Waals surface area contributed by atoms with Crippen LogP contribution in [-0.2, 0) is 0 Å². The number of rotatable bonds is 1. The number of imidazole rings is 1. The van der Waals surface area contributed by atoms with Crippen LogP contribution in [0.2, 0.25) is 0 Å². The molecule has 0 spiro atoms. The number of nitrogens with zero attached hydrogens (tertiary/aromatic N) is 2. The third-order valence-corrected chi connectivity index (χ3v) is 3.89. The zero-order valence-corrected chi connectivity index (χ0v) is 11.5. The fourth-order valence-corrected chi connectivity index (χ4v) is 2.96. The van der Waals surface area contributed by atoms with E-state index in [0.29, 0.717) is 23.7 Å². The van der Waals surface area contributed by atoms with Gasteiger partial charge in [-0.2, -0.15) is 0 Å². The fraction of sp³-hybridized carbons (Fsp3) is 0.636. The number of carbonyl (C=O) groups excluding carboxylic acids is 1. The lowest BCUT2D eigenvalue weighted by molar-refractivity contribution is 0.0626. The van der Waals surface area contributed by atoms with Gasteiger partial charge in [0.15, 0.2) is 5.82 Å². The summed E-state index contributed by atoms with van der Waals surface area (Å²) in [5.74, 6) is 1.42. The number of nitrogens with one attached hydrogen (secondary N) is 1. The quantitative estimate of drug-likeness (QED) is 0.813. The Morgan fingerprint density at radius 2 is 1.94 bits per heavy atom. The van der Waals surface area contributed by atoms with Gasteiger partial charge in [0.25, 0.3) is 5.91 Å². The van der Waals surface area contributed by atoms with E-state index in [1.807, 2.05) is 4.90 Å². The highest BCUT2D eigenvalue weighted by atomic mass is 35.5. The maximum Gasteiger partial charge on any atom is 0.289 e. The van der Waals surface area contributed by atoms with Crippen LogP contribution in [0.3, 0.4) is 0 Å². The topological polar surface area (TPSA) is 75.0 Å². The first-order valence-corrected chi connectivity index (χ1v) is 5.80. The molecule has 1 saturated carbocycles. The summed E-state index contributed by atoms with van der Waals surface area (Å²) in [5, 5.41) is 0. The highest BCUT2D eigenvalue weighted by molar-refractivity contribution is 5.90. The summed E-state index contributed by atoms with van der Waals surface area (Å²) in [7, 11) is 0. The van der Waals surface area contributed by atoms with Gasteiger partial charge in [-0.1, -0.05) is 0 Å². The van der Waals surface area contributed by atoms with E-state index in [1.54, 1.807) is 12.4 Å². The lowest BCUT2D eigenvalue weighted by atomic mass is 9.93. The van der Waals surface area contributed by atoms with E-state index in [1.165, 1.54) is 0 Å². The van der Waals surface area contributed by atoms with E-state index in [0.717, 1.165) is 25.9 Å². The molecule has 1 amide bonds. The number of piperidine rings is 1. The van der Waals surface area contributed by atoms with Gasteiger partial charge in [0.2, 0.25) is 0 Å². The summed E-state index contributed by atoms with van der Waals surface area (Å²) < 4.78 is 0. The van der Waals surface area contributed by atoms with Gasteiger partial charge < -0.3 is 15.6 Å². The number of halogens is 2. The van der Waals surface area contributed by atoms with Crippen molar-refractivity contribution in [2.45, 2.75) is 18.9 Å². The highest BCUT2D eigenvalue weighted by Gasteiger charge is 2.41. The number of aromatic amines is 1. The SMILES string of the molecule is Cl.Cl.NC1[C@@H]2CC[C@H]1CN(C(=O)c1ncc[nH]1)C2. The van der Waals surface area contributed by atoms with Crippen LogP contribution >= 0.6 is 24.8 Å². The summed E-state index contributed by atoms with van der Waals surface area (Å²) in [6.07, 6.45) is 5.61. The second-order valence-electron chi connectivity index (χ2n) is 4.82. The lowest BCUT2D eigenvalue weighted by Crippen LogP contribution is -2.50. The van der Waals surface area contributed by atoms with Gasteiger partial charge in [-0.15, -0.1) is 24.8 Å². The summed E-state index contributed by atoms with van der Waals surface area (Å²) >= 11 is 0. The van der Waals surface area contributed by atoms with E-state index in [2.05, 4.69) is 9.97 Å². The number of fused-ring (bicyclic) bond motifs is 2. The molecule has 5 nitrogen and oxygen atoms in total. The first-order chi connectivity index (χ1) is 7.75. The Morgan fingerprint density at radius 3 is 2.44 bits per heavy atom. The Bertz CT molecular complexity index is 384. The number of aromatic nitrogens is 2. The van der Waals surface area contributed by atoms with Gasteiger partial charge in [0, 0.05) is 31.5 Å². The Morgan fingerprint density at radius 1 is 1.33 bits per heavy atom. The minimum Gasteiger partial charge on any atom is -0.341 e. The molecule has 0 aromatic carbocycles. The highest BCUT2D eigenvalue weighted by Crippen LogP contribution is 2.35. The minimum absolute atomic E-state index is 0. The molecule has 1 saturated heterocycles. The molecule has 3 rings (SSSR count). The first-order valence-electron chi connectivity index (χ1n) is 5.80. The number of likely N-dealkylation sites (tertiary alicyclic amines) is 1. The standard InChI is InChI=1S/C11H16N4O.2ClH/c12-9-7-1-2-8(9)6-15(5-7)11(16)10-13-3-4-14-10;;/h3-4,7-9H,1-2,5-6,12H2,(H,13,14);2*1H/t7-,8+,9?;;. The monoisotopic (exact) mass is 292 g/mol. The van der Waals surface area contributed by atoms with Crippen molar-refractivity contribution in [3.05, 3.63) is 18.2 Å². The third-order valence-electron chi connectivity index (χ3n) is 3.89.